The van der Waals surface area contributed by atoms with Crippen molar-refractivity contribution in [3.05, 3.63) is 35.4 Å². The first-order valence-electron chi connectivity index (χ1n) is 9.93. The minimum Gasteiger partial charge on any atom is -0.379 e. The maximum absolute atomic E-state index is 12.6. The van der Waals surface area contributed by atoms with Crippen LogP contribution in [0.1, 0.15) is 24.0 Å². The number of benzene rings is 1. The highest BCUT2D eigenvalue weighted by Crippen LogP contribution is 2.19. The van der Waals surface area contributed by atoms with Crippen molar-refractivity contribution >= 4 is 5.91 Å². The number of nitrogens with zero attached hydrogens (tertiary/aromatic N) is 3. The van der Waals surface area contributed by atoms with E-state index >= 15 is 0 Å². The lowest BCUT2D eigenvalue weighted by atomic mass is 9.96. The average molecular weight is 360 g/mol. The number of amides is 1. The molecule has 0 radical (unpaired) electrons. The zero-order valence-electron chi connectivity index (χ0n) is 16.3. The van der Waals surface area contributed by atoms with Crippen LogP contribution in [0.3, 0.4) is 0 Å². The monoisotopic (exact) mass is 359 g/mol. The van der Waals surface area contributed by atoms with Crippen molar-refractivity contribution in [3.63, 3.8) is 0 Å². The third-order valence-electron chi connectivity index (χ3n) is 5.78. The van der Waals surface area contributed by atoms with Crippen molar-refractivity contribution < 1.29 is 9.53 Å². The van der Waals surface area contributed by atoms with Crippen LogP contribution < -0.4 is 0 Å². The summed E-state index contributed by atoms with van der Waals surface area (Å²) in [7, 11) is 1.92. The van der Waals surface area contributed by atoms with Gasteiger partial charge in [0.05, 0.1) is 19.8 Å². The second-order valence-corrected chi connectivity index (χ2v) is 7.81. The van der Waals surface area contributed by atoms with Crippen LogP contribution in [0.5, 0.6) is 0 Å². The SMILES string of the molecule is Cc1ccccc1CN(C)C(=O)CN1CCC(CN2CCOCC2)CC1. The molecule has 2 saturated heterocycles. The number of likely N-dealkylation sites (tertiary alicyclic amines) is 1. The summed E-state index contributed by atoms with van der Waals surface area (Å²) in [5.41, 5.74) is 2.48. The van der Waals surface area contributed by atoms with Crippen LogP contribution in [0, 0.1) is 12.8 Å². The second-order valence-electron chi connectivity index (χ2n) is 7.81. The van der Waals surface area contributed by atoms with E-state index in [1.54, 1.807) is 0 Å². The van der Waals surface area contributed by atoms with E-state index in [9.17, 15) is 4.79 Å². The van der Waals surface area contributed by atoms with Crippen LogP contribution in [-0.2, 0) is 16.1 Å². The van der Waals surface area contributed by atoms with Gasteiger partial charge < -0.3 is 9.64 Å². The number of hydrogen-bond acceptors (Lipinski definition) is 4. The number of piperidine rings is 1. The average Bonchev–Trinajstić information content (AvgIpc) is 2.66. The van der Waals surface area contributed by atoms with E-state index in [2.05, 4.69) is 28.9 Å². The van der Waals surface area contributed by atoms with Crippen LogP contribution in [-0.4, -0.2) is 80.1 Å². The van der Waals surface area contributed by atoms with Crippen LogP contribution in [0.25, 0.3) is 0 Å². The molecule has 1 aromatic carbocycles. The van der Waals surface area contributed by atoms with E-state index in [1.807, 2.05) is 24.1 Å². The normalized spacial score (nSPS) is 20.2. The molecule has 5 nitrogen and oxygen atoms in total. The predicted molar refractivity (Wildman–Crippen MR) is 104 cm³/mol. The molecule has 2 fully saturated rings. The number of aryl methyl sites for hydroxylation is 1. The largest absolute Gasteiger partial charge is 0.379 e. The molecule has 1 aromatic rings. The third-order valence-corrected chi connectivity index (χ3v) is 5.78. The molecule has 144 valence electrons. The van der Waals surface area contributed by atoms with Crippen molar-refractivity contribution in [2.24, 2.45) is 5.92 Å². The van der Waals surface area contributed by atoms with E-state index in [0.29, 0.717) is 13.1 Å². The summed E-state index contributed by atoms with van der Waals surface area (Å²) in [4.78, 5) is 19.3. The van der Waals surface area contributed by atoms with E-state index in [0.717, 1.165) is 45.3 Å². The number of carbonyl (C=O) groups excluding carboxylic acids is 1. The smallest absolute Gasteiger partial charge is 0.236 e. The molecule has 0 spiro atoms. The van der Waals surface area contributed by atoms with Crippen molar-refractivity contribution in [3.8, 4) is 0 Å². The highest BCUT2D eigenvalue weighted by atomic mass is 16.5. The highest BCUT2D eigenvalue weighted by Gasteiger charge is 2.24. The van der Waals surface area contributed by atoms with Gasteiger partial charge in [-0.3, -0.25) is 14.6 Å². The van der Waals surface area contributed by atoms with Crippen LogP contribution in [0.15, 0.2) is 24.3 Å². The zero-order chi connectivity index (χ0) is 18.4. The molecule has 2 aliphatic rings. The van der Waals surface area contributed by atoms with E-state index < -0.39 is 0 Å². The lowest BCUT2D eigenvalue weighted by Crippen LogP contribution is -2.45. The minimum atomic E-state index is 0.222. The summed E-state index contributed by atoms with van der Waals surface area (Å²) in [5.74, 6) is 0.990. The molecule has 0 aliphatic carbocycles. The van der Waals surface area contributed by atoms with Gasteiger partial charge in [-0.2, -0.15) is 0 Å². The summed E-state index contributed by atoms with van der Waals surface area (Å²) in [5, 5.41) is 0. The summed E-state index contributed by atoms with van der Waals surface area (Å²) in [6.45, 7) is 10.5. The van der Waals surface area contributed by atoms with E-state index in [-0.39, 0.29) is 5.91 Å². The summed E-state index contributed by atoms with van der Waals surface area (Å²) >= 11 is 0. The topological polar surface area (TPSA) is 36.0 Å². The summed E-state index contributed by atoms with van der Waals surface area (Å²) in [6.07, 6.45) is 2.40. The van der Waals surface area contributed by atoms with Gasteiger partial charge in [0.1, 0.15) is 0 Å². The molecule has 0 aromatic heterocycles. The Hall–Kier alpha value is -1.43. The van der Waals surface area contributed by atoms with Crippen molar-refractivity contribution in [1.29, 1.82) is 0 Å². The Morgan fingerprint density at radius 1 is 1.12 bits per heavy atom. The lowest BCUT2D eigenvalue weighted by molar-refractivity contribution is -0.132. The quantitative estimate of drug-likeness (QED) is 0.778. The Balaban J connectivity index is 1.39. The molecule has 0 saturated carbocycles. The number of likely N-dealkylation sites (N-methyl/N-ethyl adjacent to an activating group) is 1. The number of carbonyl (C=O) groups is 1. The lowest BCUT2D eigenvalue weighted by Gasteiger charge is -2.36. The Bertz CT molecular complexity index is 578. The van der Waals surface area contributed by atoms with Gasteiger partial charge in [0.2, 0.25) is 5.91 Å². The Morgan fingerprint density at radius 3 is 2.50 bits per heavy atom. The van der Waals surface area contributed by atoms with Gasteiger partial charge in [-0.25, -0.2) is 0 Å². The Kier molecular flexibility index (Phi) is 7.06. The molecule has 5 heteroatoms. The van der Waals surface area contributed by atoms with Crippen LogP contribution in [0.2, 0.25) is 0 Å². The van der Waals surface area contributed by atoms with Gasteiger partial charge in [-0.15, -0.1) is 0 Å². The molecule has 0 N–H and O–H groups in total. The first kappa shape index (κ1) is 19.3. The standard InChI is InChI=1S/C21H33N3O2/c1-18-5-3-4-6-20(18)16-22(2)21(25)17-23-9-7-19(8-10-23)15-24-11-13-26-14-12-24/h3-6,19H,7-17H2,1-2H3. The number of ether oxygens (including phenoxy) is 1. The van der Waals surface area contributed by atoms with Crippen LogP contribution >= 0.6 is 0 Å². The third kappa shape index (κ3) is 5.53. The number of rotatable bonds is 6. The molecule has 1 amide bonds. The predicted octanol–water partition coefficient (Wildman–Crippen LogP) is 2.00. The van der Waals surface area contributed by atoms with Gasteiger partial charge in [-0.05, 0) is 49.9 Å². The van der Waals surface area contributed by atoms with Gasteiger partial charge in [0.15, 0.2) is 0 Å². The first-order chi connectivity index (χ1) is 12.6. The van der Waals surface area contributed by atoms with Crippen molar-refractivity contribution in [2.75, 3.05) is 59.5 Å². The highest BCUT2D eigenvalue weighted by molar-refractivity contribution is 5.78. The molecular formula is C21H33N3O2. The summed E-state index contributed by atoms with van der Waals surface area (Å²) < 4.78 is 5.43. The maximum Gasteiger partial charge on any atom is 0.236 e. The van der Waals surface area contributed by atoms with Crippen molar-refractivity contribution in [2.45, 2.75) is 26.3 Å². The number of morpholine rings is 1. The minimum absolute atomic E-state index is 0.222. The summed E-state index contributed by atoms with van der Waals surface area (Å²) in [6, 6.07) is 8.30. The fourth-order valence-electron chi connectivity index (χ4n) is 3.92. The van der Waals surface area contributed by atoms with E-state index in [1.165, 1.54) is 30.5 Å². The van der Waals surface area contributed by atoms with Gasteiger partial charge in [0.25, 0.3) is 0 Å². The zero-order valence-corrected chi connectivity index (χ0v) is 16.3. The molecule has 2 aliphatic heterocycles. The fraction of sp³-hybridized carbons (Fsp3) is 0.667. The van der Waals surface area contributed by atoms with Gasteiger partial charge >= 0.3 is 0 Å². The molecule has 3 rings (SSSR count). The van der Waals surface area contributed by atoms with E-state index in [4.69, 9.17) is 4.74 Å². The second kappa shape index (κ2) is 9.49. The molecular weight excluding hydrogens is 326 g/mol. The Labute approximate surface area is 157 Å². The molecule has 0 bridgehead atoms. The first-order valence-corrected chi connectivity index (χ1v) is 9.93. The maximum atomic E-state index is 12.6. The fourth-order valence-corrected chi connectivity index (χ4v) is 3.92. The molecule has 0 unspecified atom stereocenters. The molecule has 26 heavy (non-hydrogen) atoms. The Morgan fingerprint density at radius 2 is 1.81 bits per heavy atom. The number of hydrogen-bond donors (Lipinski definition) is 0. The van der Waals surface area contributed by atoms with Crippen LogP contribution in [0.4, 0.5) is 0 Å². The molecule has 0 atom stereocenters. The molecule has 2 heterocycles. The van der Waals surface area contributed by atoms with Gasteiger partial charge in [-0.1, -0.05) is 24.3 Å². The van der Waals surface area contributed by atoms with Gasteiger partial charge in [0, 0.05) is 33.2 Å². The van der Waals surface area contributed by atoms with Crippen molar-refractivity contribution in [1.82, 2.24) is 14.7 Å².